The van der Waals surface area contributed by atoms with E-state index in [-0.39, 0.29) is 12.8 Å². The van der Waals surface area contributed by atoms with Crippen LogP contribution in [-0.4, -0.2) is 6.18 Å². The molecular weight excluding hydrogens is 218 g/mol. The molecular formula is C5H6ClF3Zn. The van der Waals surface area contributed by atoms with Gasteiger partial charge in [-0.15, -0.1) is 0 Å². The molecule has 1 rings (SSSR count). The zero-order valence-corrected chi connectivity index (χ0v) is 9.01. The Bertz CT molecular complexity index is 89.4. The Balaban J connectivity index is 0.000000371. The first-order chi connectivity index (χ1) is 4.61. The molecule has 0 heterocycles. The van der Waals surface area contributed by atoms with E-state index in [1.54, 1.807) is 6.42 Å². The van der Waals surface area contributed by atoms with Crippen LogP contribution in [0.3, 0.4) is 0 Å². The molecule has 1 fully saturated rings. The first-order valence-electron chi connectivity index (χ1n) is 2.76. The molecule has 0 nitrogen and oxygen atoms in total. The summed E-state index contributed by atoms with van der Waals surface area (Å²) in [5, 5.41) is 0. The van der Waals surface area contributed by atoms with Crippen molar-refractivity contribution >= 4 is 9.69 Å². The molecule has 0 atom stereocenters. The Morgan fingerprint density at radius 3 is 1.70 bits per heavy atom. The summed E-state index contributed by atoms with van der Waals surface area (Å²) in [5.41, 5.74) is 0. The summed E-state index contributed by atoms with van der Waals surface area (Å²) in [4.78, 5) is 0. The monoisotopic (exact) mass is 222 g/mol. The first-order valence-corrected chi connectivity index (χ1v) is 6.65. The van der Waals surface area contributed by atoms with E-state index >= 15 is 0 Å². The van der Waals surface area contributed by atoms with Gasteiger partial charge in [0.2, 0.25) is 0 Å². The third-order valence-electron chi connectivity index (χ3n) is 1.37. The van der Waals surface area contributed by atoms with E-state index in [1.165, 1.54) is 0 Å². The average Bonchev–Trinajstić information content (AvgIpc) is 1.61. The molecule has 0 aliphatic heterocycles. The third-order valence-corrected chi connectivity index (χ3v) is 1.37. The fourth-order valence-electron chi connectivity index (χ4n) is 0.601. The summed E-state index contributed by atoms with van der Waals surface area (Å²) < 4.78 is 34.4. The zero-order chi connectivity index (χ0) is 8.20. The van der Waals surface area contributed by atoms with Gasteiger partial charge in [0.05, 0.1) is 0 Å². The molecule has 0 amide bonds. The number of halogens is 4. The molecule has 0 N–H and O–H groups in total. The molecule has 0 bridgehead atoms. The molecule has 0 saturated heterocycles. The van der Waals surface area contributed by atoms with E-state index in [0.29, 0.717) is 0 Å². The predicted molar refractivity (Wildman–Crippen MR) is 28.9 cm³/mol. The van der Waals surface area contributed by atoms with Gasteiger partial charge in [0.25, 0.3) is 0 Å². The molecule has 0 spiro atoms. The molecule has 0 aromatic rings. The third kappa shape index (κ3) is 3.20. The van der Waals surface area contributed by atoms with Gasteiger partial charge in [0.15, 0.2) is 0 Å². The van der Waals surface area contributed by atoms with Crippen molar-refractivity contribution in [3.05, 3.63) is 6.42 Å². The van der Waals surface area contributed by atoms with Gasteiger partial charge >= 0.3 is 33.2 Å². The van der Waals surface area contributed by atoms with Gasteiger partial charge in [-0.05, 0) is 0 Å². The van der Waals surface area contributed by atoms with Crippen molar-refractivity contribution in [2.45, 2.75) is 19.0 Å². The molecule has 1 saturated carbocycles. The number of hydrogen-bond acceptors (Lipinski definition) is 0. The Hall–Kier alpha value is 0.703. The van der Waals surface area contributed by atoms with Crippen LogP contribution in [0.4, 0.5) is 13.2 Å². The van der Waals surface area contributed by atoms with E-state index < -0.39 is 12.1 Å². The van der Waals surface area contributed by atoms with Crippen LogP contribution in [0.25, 0.3) is 0 Å². The fourth-order valence-corrected chi connectivity index (χ4v) is 0.601. The second-order valence-electron chi connectivity index (χ2n) is 2.00. The fraction of sp³-hybridized carbons (Fsp3) is 0.800. The maximum absolute atomic E-state index is 11.5. The van der Waals surface area contributed by atoms with Crippen molar-refractivity contribution in [1.82, 2.24) is 0 Å². The van der Waals surface area contributed by atoms with E-state index in [4.69, 9.17) is 9.69 Å². The summed E-state index contributed by atoms with van der Waals surface area (Å²) in [5.74, 6) is -1.03. The minimum atomic E-state index is -3.94. The Morgan fingerprint density at radius 1 is 1.30 bits per heavy atom. The van der Waals surface area contributed by atoms with E-state index in [1.807, 2.05) is 0 Å². The van der Waals surface area contributed by atoms with Crippen molar-refractivity contribution < 1.29 is 30.5 Å². The van der Waals surface area contributed by atoms with Crippen LogP contribution in [-0.2, 0) is 17.3 Å². The summed E-state index contributed by atoms with van der Waals surface area (Å²) in [6, 6.07) is 0. The summed E-state index contributed by atoms with van der Waals surface area (Å²) >= 11 is 0.847. The van der Waals surface area contributed by atoms with Gasteiger partial charge < -0.3 is 6.42 Å². The molecule has 0 radical (unpaired) electrons. The number of hydrogen-bond donors (Lipinski definition) is 0. The molecule has 10 heavy (non-hydrogen) atoms. The van der Waals surface area contributed by atoms with Crippen molar-refractivity contribution in [3.8, 4) is 0 Å². The topological polar surface area (TPSA) is 0 Å². The van der Waals surface area contributed by atoms with Crippen LogP contribution in [0.15, 0.2) is 0 Å². The number of alkyl halides is 3. The zero-order valence-electron chi connectivity index (χ0n) is 5.29. The summed E-state index contributed by atoms with van der Waals surface area (Å²) in [6.45, 7) is 0. The van der Waals surface area contributed by atoms with Gasteiger partial charge in [-0.25, -0.2) is 0 Å². The molecule has 0 unspecified atom stereocenters. The van der Waals surface area contributed by atoms with Gasteiger partial charge in [0.1, 0.15) is 0 Å². The second kappa shape index (κ2) is 4.55. The Kier molecular flexibility index (Phi) is 4.88. The van der Waals surface area contributed by atoms with Crippen LogP contribution >= 0.6 is 9.69 Å². The van der Waals surface area contributed by atoms with Crippen LogP contribution < -0.4 is 0 Å². The maximum atomic E-state index is 11.5. The minimum absolute atomic E-state index is 0.226. The molecule has 5 heteroatoms. The predicted octanol–water partition coefficient (Wildman–Crippen LogP) is 2.85. The van der Waals surface area contributed by atoms with Gasteiger partial charge in [-0.3, -0.25) is 0 Å². The normalized spacial score (nSPS) is 19.0. The van der Waals surface area contributed by atoms with Crippen LogP contribution in [0, 0.1) is 12.3 Å². The Morgan fingerprint density at radius 2 is 1.70 bits per heavy atom. The molecule has 0 aromatic carbocycles. The summed E-state index contributed by atoms with van der Waals surface area (Å²) in [6.07, 6.45) is -1.83. The average molecular weight is 224 g/mol. The van der Waals surface area contributed by atoms with Gasteiger partial charge in [-0.1, -0.05) is 0 Å². The first kappa shape index (κ1) is 10.7. The SMILES string of the molecule is FC(F)(F)C1C[CH-]C1.[Cl][Zn+]. The molecule has 1 aliphatic carbocycles. The van der Waals surface area contributed by atoms with Crippen molar-refractivity contribution in [2.75, 3.05) is 0 Å². The van der Waals surface area contributed by atoms with Gasteiger partial charge in [0, 0.05) is 5.92 Å². The summed E-state index contributed by atoms with van der Waals surface area (Å²) in [7, 11) is 4.76. The molecule has 1 aliphatic rings. The molecule has 56 valence electrons. The van der Waals surface area contributed by atoms with Crippen molar-refractivity contribution in [2.24, 2.45) is 5.92 Å². The van der Waals surface area contributed by atoms with Crippen molar-refractivity contribution in [1.29, 1.82) is 0 Å². The van der Waals surface area contributed by atoms with Crippen LogP contribution in [0.2, 0.25) is 0 Å². The van der Waals surface area contributed by atoms with Crippen LogP contribution in [0.5, 0.6) is 0 Å². The standard InChI is InChI=1S/C5H6F3.ClH.Zn/c6-5(7,8)4-2-1-3-4;;/h1,4H,2-3H2;1H;/q-1;;+2/p-1. The van der Waals surface area contributed by atoms with E-state index in [2.05, 4.69) is 0 Å². The van der Waals surface area contributed by atoms with Crippen molar-refractivity contribution in [3.63, 3.8) is 0 Å². The number of rotatable bonds is 0. The van der Waals surface area contributed by atoms with Gasteiger partial charge in [-0.2, -0.15) is 26.0 Å². The van der Waals surface area contributed by atoms with Crippen LogP contribution in [0.1, 0.15) is 12.8 Å². The Labute approximate surface area is 71.8 Å². The quantitative estimate of drug-likeness (QED) is 0.438. The molecule has 0 aromatic heterocycles. The second-order valence-corrected chi connectivity index (χ2v) is 2.00. The van der Waals surface area contributed by atoms with E-state index in [0.717, 1.165) is 17.3 Å². The van der Waals surface area contributed by atoms with E-state index in [9.17, 15) is 13.2 Å².